The molecule has 0 aromatic carbocycles. The number of aryl methyl sites for hydroxylation is 1. The summed E-state index contributed by atoms with van der Waals surface area (Å²) in [7, 11) is 1.72. The zero-order valence-electron chi connectivity index (χ0n) is 15.6. The van der Waals surface area contributed by atoms with Crippen LogP contribution in [0.1, 0.15) is 10.5 Å². The van der Waals surface area contributed by atoms with Gasteiger partial charge in [-0.15, -0.1) is 11.3 Å². The molecule has 0 bridgehead atoms. The smallest absolute Gasteiger partial charge is 0.325 e. The van der Waals surface area contributed by atoms with E-state index in [2.05, 4.69) is 20.4 Å². The van der Waals surface area contributed by atoms with Crippen molar-refractivity contribution in [2.45, 2.75) is 0 Å². The highest BCUT2D eigenvalue weighted by Crippen LogP contribution is 2.28. The molecule has 0 unspecified atom stereocenters. The second-order valence-corrected chi connectivity index (χ2v) is 7.27. The molecule has 1 saturated heterocycles. The maximum atomic E-state index is 12.7. The van der Waals surface area contributed by atoms with Gasteiger partial charge in [-0.25, -0.2) is 9.78 Å². The fourth-order valence-corrected chi connectivity index (χ4v) is 3.87. The zero-order chi connectivity index (χ0) is 20.4. The van der Waals surface area contributed by atoms with Crippen molar-refractivity contribution in [1.29, 1.82) is 0 Å². The molecule has 1 aliphatic heterocycles. The van der Waals surface area contributed by atoms with Crippen molar-refractivity contribution in [2.75, 3.05) is 36.5 Å². The van der Waals surface area contributed by atoms with Crippen LogP contribution < -0.4 is 10.2 Å². The fraction of sp³-hybridized carbons (Fsp3) is 0.278. The van der Waals surface area contributed by atoms with Crippen molar-refractivity contribution >= 4 is 34.8 Å². The molecule has 11 heteroatoms. The summed E-state index contributed by atoms with van der Waals surface area (Å²) >= 11 is 1.37. The van der Waals surface area contributed by atoms with Crippen molar-refractivity contribution in [2.24, 2.45) is 7.05 Å². The molecule has 2 N–H and O–H groups in total. The minimum atomic E-state index is -0.380. The summed E-state index contributed by atoms with van der Waals surface area (Å²) < 4.78 is 1.54. The molecule has 4 heterocycles. The number of urea groups is 1. The lowest BCUT2D eigenvalue weighted by atomic mass is 10.3. The molecule has 10 nitrogen and oxygen atoms in total. The molecule has 4 rings (SSSR count). The van der Waals surface area contributed by atoms with Gasteiger partial charge in [-0.2, -0.15) is 5.10 Å². The van der Waals surface area contributed by atoms with Gasteiger partial charge in [-0.1, -0.05) is 0 Å². The van der Waals surface area contributed by atoms with E-state index in [0.29, 0.717) is 24.6 Å². The second-order valence-electron chi connectivity index (χ2n) is 6.41. The van der Waals surface area contributed by atoms with Crippen molar-refractivity contribution in [1.82, 2.24) is 24.6 Å². The van der Waals surface area contributed by atoms with Crippen LogP contribution in [0.15, 0.2) is 36.1 Å². The number of aliphatic hydroxyl groups excluding tert-OH is 1. The molecule has 1 aliphatic rings. The minimum absolute atomic E-state index is 0.102. The molecule has 1 fully saturated rings. The van der Waals surface area contributed by atoms with Crippen LogP contribution in [0, 0.1) is 0 Å². The normalized spacial score (nSPS) is 13.9. The van der Waals surface area contributed by atoms with Crippen LogP contribution >= 0.6 is 11.3 Å². The number of thiazole rings is 1. The predicted octanol–water partition coefficient (Wildman–Crippen LogP) is 1.43. The van der Waals surface area contributed by atoms with Crippen molar-refractivity contribution in [3.05, 3.63) is 41.8 Å². The summed E-state index contributed by atoms with van der Waals surface area (Å²) in [6, 6.07) is 3.41. The maximum Gasteiger partial charge on any atom is 0.325 e. The lowest BCUT2D eigenvalue weighted by Gasteiger charge is -2.17. The summed E-state index contributed by atoms with van der Waals surface area (Å²) in [6.45, 7) is 1.09. The zero-order valence-corrected chi connectivity index (χ0v) is 16.5. The number of carbonyl (C=O) groups is 2. The van der Waals surface area contributed by atoms with Crippen LogP contribution in [0.4, 0.5) is 16.3 Å². The van der Waals surface area contributed by atoms with E-state index in [1.165, 1.54) is 20.9 Å². The molecule has 0 saturated carbocycles. The molecule has 3 amide bonds. The highest BCUT2D eigenvalue weighted by atomic mass is 32.1. The maximum absolute atomic E-state index is 12.7. The van der Waals surface area contributed by atoms with Crippen LogP contribution in [0.25, 0.3) is 10.6 Å². The number of aliphatic hydroxyl groups is 1. The van der Waals surface area contributed by atoms with Gasteiger partial charge < -0.3 is 15.3 Å². The van der Waals surface area contributed by atoms with Crippen LogP contribution in [0.3, 0.4) is 0 Å². The van der Waals surface area contributed by atoms with Gasteiger partial charge in [0.2, 0.25) is 0 Å². The van der Waals surface area contributed by atoms with E-state index in [9.17, 15) is 9.59 Å². The highest BCUT2D eigenvalue weighted by Gasteiger charge is 2.32. The van der Waals surface area contributed by atoms with Gasteiger partial charge in [0.15, 0.2) is 5.82 Å². The number of carbonyl (C=O) groups excluding carboxylic acids is 2. The molecular weight excluding hydrogens is 394 g/mol. The van der Waals surface area contributed by atoms with Crippen molar-refractivity contribution < 1.29 is 14.7 Å². The van der Waals surface area contributed by atoms with Gasteiger partial charge in [0, 0.05) is 50.0 Å². The van der Waals surface area contributed by atoms with Crippen LogP contribution in [-0.2, 0) is 7.05 Å². The average Bonchev–Trinajstić information content (AvgIpc) is 3.43. The van der Waals surface area contributed by atoms with E-state index < -0.39 is 0 Å². The Morgan fingerprint density at radius 2 is 2.10 bits per heavy atom. The van der Waals surface area contributed by atoms with Crippen LogP contribution in [0.5, 0.6) is 0 Å². The molecule has 29 heavy (non-hydrogen) atoms. The van der Waals surface area contributed by atoms with Crippen molar-refractivity contribution in [3.63, 3.8) is 0 Å². The van der Waals surface area contributed by atoms with E-state index in [1.807, 2.05) is 12.1 Å². The number of amides is 3. The minimum Gasteiger partial charge on any atom is -0.395 e. The number of hydrogen-bond acceptors (Lipinski definition) is 7. The van der Waals surface area contributed by atoms with E-state index in [-0.39, 0.29) is 30.8 Å². The Hall–Kier alpha value is -3.31. The number of rotatable bonds is 6. The van der Waals surface area contributed by atoms with E-state index >= 15 is 0 Å². The first-order chi connectivity index (χ1) is 14.1. The third-order valence-corrected chi connectivity index (χ3v) is 5.33. The Morgan fingerprint density at radius 3 is 2.86 bits per heavy atom. The van der Waals surface area contributed by atoms with E-state index in [0.717, 1.165) is 10.6 Å². The Morgan fingerprint density at radius 1 is 1.31 bits per heavy atom. The predicted molar refractivity (Wildman–Crippen MR) is 108 cm³/mol. The van der Waals surface area contributed by atoms with Gasteiger partial charge in [0.25, 0.3) is 5.91 Å². The lowest BCUT2D eigenvalue weighted by molar-refractivity contribution is 0.102. The molecule has 0 radical (unpaired) electrons. The number of nitrogens with one attached hydrogen (secondary N) is 1. The Bertz CT molecular complexity index is 1030. The summed E-state index contributed by atoms with van der Waals surface area (Å²) in [5, 5.41) is 18.6. The Labute approximate surface area is 170 Å². The molecule has 3 aromatic rings. The van der Waals surface area contributed by atoms with E-state index in [4.69, 9.17) is 5.11 Å². The number of aromatic nitrogens is 4. The SMILES string of the molecule is Cn1cc(NC(=O)c2csc(-c3ccncc3)n2)c(N2CCN(CCO)C2=O)n1. The topological polar surface area (TPSA) is 116 Å². The molecule has 150 valence electrons. The van der Waals surface area contributed by atoms with Gasteiger partial charge in [-0.05, 0) is 12.1 Å². The summed E-state index contributed by atoms with van der Waals surface area (Å²) in [5.74, 6) is -0.00876. The summed E-state index contributed by atoms with van der Waals surface area (Å²) in [5.41, 5.74) is 1.60. The molecule has 3 aromatic heterocycles. The average molecular weight is 413 g/mol. The fourth-order valence-electron chi connectivity index (χ4n) is 3.06. The van der Waals surface area contributed by atoms with Gasteiger partial charge in [-0.3, -0.25) is 19.4 Å². The number of nitrogens with zero attached hydrogens (tertiary/aromatic N) is 6. The standard InChI is InChI=1S/C18H19N7O3S/c1-23-10-13(15(22-23)25-7-6-24(8-9-26)18(25)28)20-16(27)14-11-29-17(21-14)12-2-4-19-5-3-12/h2-5,10-11,26H,6-9H2,1H3,(H,20,27). The van der Waals surface area contributed by atoms with Gasteiger partial charge in [0.05, 0.1) is 12.8 Å². The van der Waals surface area contributed by atoms with Gasteiger partial charge >= 0.3 is 6.03 Å². The van der Waals surface area contributed by atoms with Crippen LogP contribution in [-0.4, -0.2) is 67.9 Å². The first-order valence-corrected chi connectivity index (χ1v) is 9.83. The van der Waals surface area contributed by atoms with Gasteiger partial charge in [0.1, 0.15) is 16.4 Å². The Balaban J connectivity index is 1.53. The molecular formula is C18H19N7O3S. The first-order valence-electron chi connectivity index (χ1n) is 8.95. The number of β-amino-alcohol motifs (C(OH)–C–C–N with tert-alkyl or cyclic N) is 1. The first kappa shape index (κ1) is 19.0. The third kappa shape index (κ3) is 3.82. The van der Waals surface area contributed by atoms with E-state index in [1.54, 1.807) is 35.9 Å². The number of pyridine rings is 1. The molecule has 0 atom stereocenters. The number of anilines is 2. The highest BCUT2D eigenvalue weighted by molar-refractivity contribution is 7.13. The quantitative estimate of drug-likeness (QED) is 0.631. The number of hydrogen-bond donors (Lipinski definition) is 2. The Kier molecular flexibility index (Phi) is 5.23. The molecule has 0 spiro atoms. The van der Waals surface area contributed by atoms with Crippen LogP contribution in [0.2, 0.25) is 0 Å². The second kappa shape index (κ2) is 7.97. The van der Waals surface area contributed by atoms with Crippen molar-refractivity contribution in [3.8, 4) is 10.6 Å². The lowest BCUT2D eigenvalue weighted by Crippen LogP contribution is -2.34. The monoisotopic (exact) mass is 413 g/mol. The summed E-state index contributed by atoms with van der Waals surface area (Å²) in [6.07, 6.45) is 4.99. The third-order valence-electron chi connectivity index (χ3n) is 4.44. The molecule has 0 aliphatic carbocycles. The summed E-state index contributed by atoms with van der Waals surface area (Å²) in [4.78, 5) is 36.7. The largest absolute Gasteiger partial charge is 0.395 e.